The van der Waals surface area contributed by atoms with Crippen LogP contribution in [0.2, 0.25) is 5.02 Å². The van der Waals surface area contributed by atoms with Crippen LogP contribution in [0.15, 0.2) is 30.5 Å². The van der Waals surface area contributed by atoms with Crippen LogP contribution < -0.4 is 10.1 Å². The fourth-order valence-electron chi connectivity index (χ4n) is 1.76. The molecule has 0 saturated heterocycles. The van der Waals surface area contributed by atoms with Gasteiger partial charge in [-0.05, 0) is 25.1 Å². The molecule has 2 aromatic rings. The lowest BCUT2D eigenvalue weighted by Crippen LogP contribution is -2.02. The van der Waals surface area contributed by atoms with Crippen LogP contribution in [0, 0.1) is 6.92 Å². The SMILES string of the molecule is COc1cc(Nc2ccnc(C)c2)c(Cl)cc1C(=O)O. The Morgan fingerprint density at radius 1 is 1.40 bits per heavy atom. The molecule has 20 heavy (non-hydrogen) atoms. The first-order valence-corrected chi connectivity index (χ1v) is 6.19. The topological polar surface area (TPSA) is 71.5 Å². The third-order valence-corrected chi connectivity index (χ3v) is 3.01. The molecule has 0 fully saturated rings. The number of pyridine rings is 1. The Labute approximate surface area is 121 Å². The van der Waals surface area contributed by atoms with Gasteiger partial charge in [-0.15, -0.1) is 0 Å². The molecule has 1 heterocycles. The average Bonchev–Trinajstić information content (AvgIpc) is 2.40. The summed E-state index contributed by atoms with van der Waals surface area (Å²) in [5.74, 6) is -0.842. The van der Waals surface area contributed by atoms with E-state index >= 15 is 0 Å². The van der Waals surface area contributed by atoms with E-state index in [2.05, 4.69) is 10.3 Å². The van der Waals surface area contributed by atoms with Gasteiger partial charge >= 0.3 is 5.97 Å². The highest BCUT2D eigenvalue weighted by molar-refractivity contribution is 6.33. The number of hydrogen-bond donors (Lipinski definition) is 2. The molecule has 0 atom stereocenters. The zero-order valence-corrected chi connectivity index (χ0v) is 11.7. The van der Waals surface area contributed by atoms with Gasteiger partial charge in [-0.1, -0.05) is 11.6 Å². The maximum absolute atomic E-state index is 11.1. The minimum atomic E-state index is -1.09. The highest BCUT2D eigenvalue weighted by Crippen LogP contribution is 2.32. The fraction of sp³-hybridized carbons (Fsp3) is 0.143. The zero-order valence-electron chi connectivity index (χ0n) is 11.0. The zero-order chi connectivity index (χ0) is 14.7. The largest absolute Gasteiger partial charge is 0.496 e. The lowest BCUT2D eigenvalue weighted by molar-refractivity contribution is 0.0693. The first-order valence-electron chi connectivity index (χ1n) is 5.81. The monoisotopic (exact) mass is 292 g/mol. The molecular formula is C14H13ClN2O3. The third kappa shape index (κ3) is 3.00. The van der Waals surface area contributed by atoms with Gasteiger partial charge in [-0.2, -0.15) is 0 Å². The molecule has 0 aliphatic carbocycles. The van der Waals surface area contributed by atoms with E-state index in [9.17, 15) is 4.79 Å². The summed E-state index contributed by atoms with van der Waals surface area (Å²) in [6.07, 6.45) is 1.68. The Morgan fingerprint density at radius 3 is 2.75 bits per heavy atom. The summed E-state index contributed by atoms with van der Waals surface area (Å²) >= 11 is 6.10. The van der Waals surface area contributed by atoms with Gasteiger partial charge in [0.25, 0.3) is 0 Å². The van der Waals surface area contributed by atoms with Crippen molar-refractivity contribution >= 4 is 28.9 Å². The Hall–Kier alpha value is -2.27. The molecule has 2 N–H and O–H groups in total. The number of aromatic nitrogens is 1. The standard InChI is InChI=1S/C14H13ClN2O3/c1-8-5-9(3-4-16-8)17-12-7-13(20-2)10(14(18)19)6-11(12)15/h3-7H,1-2H3,(H,16,17)(H,18,19). The van der Waals surface area contributed by atoms with Crippen LogP contribution >= 0.6 is 11.6 Å². The predicted molar refractivity (Wildman–Crippen MR) is 77.2 cm³/mol. The molecule has 5 nitrogen and oxygen atoms in total. The number of benzene rings is 1. The average molecular weight is 293 g/mol. The lowest BCUT2D eigenvalue weighted by Gasteiger charge is -2.12. The van der Waals surface area contributed by atoms with Gasteiger partial charge in [0.2, 0.25) is 0 Å². The molecule has 0 radical (unpaired) electrons. The second-order valence-corrected chi connectivity index (χ2v) is 4.56. The number of aromatic carboxylic acids is 1. The van der Waals surface area contributed by atoms with E-state index in [1.807, 2.05) is 13.0 Å². The number of carboxylic acids is 1. The van der Waals surface area contributed by atoms with Crippen LogP contribution in [-0.2, 0) is 0 Å². The Kier molecular flexibility index (Phi) is 4.10. The van der Waals surface area contributed by atoms with Gasteiger partial charge in [0.15, 0.2) is 0 Å². The van der Waals surface area contributed by atoms with Gasteiger partial charge in [-0.3, -0.25) is 4.98 Å². The quantitative estimate of drug-likeness (QED) is 0.902. The molecule has 0 unspecified atom stereocenters. The second kappa shape index (κ2) is 5.79. The van der Waals surface area contributed by atoms with Crippen LogP contribution in [0.5, 0.6) is 5.75 Å². The van der Waals surface area contributed by atoms with Crippen LogP contribution in [0.4, 0.5) is 11.4 Å². The molecule has 104 valence electrons. The smallest absolute Gasteiger partial charge is 0.339 e. The molecule has 0 saturated carbocycles. The van der Waals surface area contributed by atoms with Crippen molar-refractivity contribution in [1.29, 1.82) is 0 Å². The Morgan fingerprint density at radius 2 is 2.15 bits per heavy atom. The maximum atomic E-state index is 11.1. The van der Waals surface area contributed by atoms with Crippen molar-refractivity contribution in [2.24, 2.45) is 0 Å². The highest BCUT2D eigenvalue weighted by atomic mass is 35.5. The number of aryl methyl sites for hydroxylation is 1. The van der Waals surface area contributed by atoms with Crippen molar-refractivity contribution in [1.82, 2.24) is 4.98 Å². The van der Waals surface area contributed by atoms with E-state index in [0.29, 0.717) is 10.7 Å². The minimum Gasteiger partial charge on any atom is -0.496 e. The molecule has 2 rings (SSSR count). The first kappa shape index (κ1) is 14.1. The number of methoxy groups -OCH3 is 1. The number of ether oxygens (including phenoxy) is 1. The van der Waals surface area contributed by atoms with Crippen molar-refractivity contribution in [2.75, 3.05) is 12.4 Å². The van der Waals surface area contributed by atoms with Gasteiger partial charge in [0.05, 0.1) is 17.8 Å². The third-order valence-electron chi connectivity index (χ3n) is 2.70. The Balaban J connectivity index is 2.40. The van der Waals surface area contributed by atoms with Gasteiger partial charge in [0.1, 0.15) is 11.3 Å². The number of anilines is 2. The van der Waals surface area contributed by atoms with Crippen LogP contribution in [0.1, 0.15) is 16.1 Å². The molecular weight excluding hydrogens is 280 g/mol. The molecule has 1 aromatic heterocycles. The molecule has 0 aliphatic heterocycles. The number of nitrogens with zero attached hydrogens (tertiary/aromatic N) is 1. The summed E-state index contributed by atoms with van der Waals surface area (Å²) < 4.78 is 5.07. The maximum Gasteiger partial charge on any atom is 0.339 e. The van der Waals surface area contributed by atoms with Crippen LogP contribution in [0.25, 0.3) is 0 Å². The van der Waals surface area contributed by atoms with Crippen molar-refractivity contribution in [3.63, 3.8) is 0 Å². The minimum absolute atomic E-state index is 0.0222. The predicted octanol–water partition coefficient (Wildman–Crippen LogP) is 3.49. The number of rotatable bonds is 4. The van der Waals surface area contributed by atoms with E-state index in [1.165, 1.54) is 13.2 Å². The van der Waals surface area contributed by atoms with Gasteiger partial charge in [0, 0.05) is 23.6 Å². The van der Waals surface area contributed by atoms with E-state index in [1.54, 1.807) is 18.3 Å². The van der Waals surface area contributed by atoms with Gasteiger partial charge < -0.3 is 15.2 Å². The number of hydrogen-bond acceptors (Lipinski definition) is 4. The van der Waals surface area contributed by atoms with Gasteiger partial charge in [-0.25, -0.2) is 4.79 Å². The molecule has 0 amide bonds. The summed E-state index contributed by atoms with van der Waals surface area (Å²) in [6, 6.07) is 6.56. The normalized spacial score (nSPS) is 10.2. The van der Waals surface area contributed by atoms with Crippen molar-refractivity contribution in [3.8, 4) is 5.75 Å². The summed E-state index contributed by atoms with van der Waals surface area (Å²) in [5.41, 5.74) is 2.26. The fourth-order valence-corrected chi connectivity index (χ4v) is 1.97. The van der Waals surface area contributed by atoms with E-state index in [-0.39, 0.29) is 11.3 Å². The molecule has 6 heteroatoms. The number of carboxylic acid groups (broad SMARTS) is 1. The molecule has 0 bridgehead atoms. The van der Waals surface area contributed by atoms with E-state index in [0.717, 1.165) is 11.4 Å². The first-order chi connectivity index (χ1) is 9.51. The number of halogens is 1. The molecule has 0 spiro atoms. The summed E-state index contributed by atoms with van der Waals surface area (Å²) in [6.45, 7) is 1.88. The summed E-state index contributed by atoms with van der Waals surface area (Å²) in [4.78, 5) is 15.2. The van der Waals surface area contributed by atoms with Crippen molar-refractivity contribution in [2.45, 2.75) is 6.92 Å². The summed E-state index contributed by atoms with van der Waals surface area (Å²) in [5, 5.41) is 12.5. The van der Waals surface area contributed by atoms with E-state index in [4.69, 9.17) is 21.4 Å². The lowest BCUT2D eigenvalue weighted by atomic mass is 10.1. The van der Waals surface area contributed by atoms with Crippen LogP contribution in [-0.4, -0.2) is 23.2 Å². The van der Waals surface area contributed by atoms with Crippen LogP contribution in [0.3, 0.4) is 0 Å². The number of nitrogens with one attached hydrogen (secondary N) is 1. The van der Waals surface area contributed by atoms with Crippen molar-refractivity contribution in [3.05, 3.63) is 46.7 Å². The second-order valence-electron chi connectivity index (χ2n) is 4.15. The molecule has 1 aromatic carbocycles. The van der Waals surface area contributed by atoms with E-state index < -0.39 is 5.97 Å². The number of carbonyl (C=O) groups is 1. The highest BCUT2D eigenvalue weighted by Gasteiger charge is 2.15. The Bertz CT molecular complexity index is 659. The summed E-state index contributed by atoms with van der Waals surface area (Å²) in [7, 11) is 1.41. The molecule has 0 aliphatic rings. The van der Waals surface area contributed by atoms with Crippen molar-refractivity contribution < 1.29 is 14.6 Å².